The molecule has 0 rings (SSSR count). The van der Waals surface area contributed by atoms with Gasteiger partial charge in [0, 0.05) is 19.4 Å². The van der Waals surface area contributed by atoms with Gasteiger partial charge >= 0.3 is 19.8 Å². The molecule has 0 spiro atoms. The lowest BCUT2D eigenvalue weighted by molar-refractivity contribution is -0.161. The van der Waals surface area contributed by atoms with Gasteiger partial charge < -0.3 is 20.1 Å². The highest BCUT2D eigenvalue weighted by atomic mass is 31.2. The zero-order valence-electron chi connectivity index (χ0n) is 54.3. The lowest BCUT2D eigenvalue weighted by Crippen LogP contribution is -2.29. The molecule has 0 heterocycles. The molecule has 0 aliphatic carbocycles. The van der Waals surface area contributed by atoms with Crippen LogP contribution in [0.25, 0.3) is 0 Å². The van der Waals surface area contributed by atoms with Crippen LogP contribution in [0.3, 0.4) is 0 Å². The van der Waals surface area contributed by atoms with E-state index in [9.17, 15) is 19.0 Å². The average molecular weight is 1170 g/mol. The lowest BCUT2D eigenvalue weighted by Gasteiger charge is -2.19. The minimum Gasteiger partial charge on any atom is -0.462 e. The molecule has 2 atom stereocenters. The van der Waals surface area contributed by atoms with Crippen LogP contribution in [-0.4, -0.2) is 49.3 Å². The van der Waals surface area contributed by atoms with E-state index in [2.05, 4.69) is 26.0 Å². The van der Waals surface area contributed by atoms with Crippen LogP contribution in [0.2, 0.25) is 0 Å². The van der Waals surface area contributed by atoms with E-state index in [0.717, 1.165) is 32.1 Å². The largest absolute Gasteiger partial charge is 0.472 e. The number of carbonyl (C=O) groups is 2. The molecule has 9 nitrogen and oxygen atoms in total. The van der Waals surface area contributed by atoms with Crippen molar-refractivity contribution in [2.24, 2.45) is 5.73 Å². The van der Waals surface area contributed by atoms with E-state index in [1.807, 2.05) is 0 Å². The van der Waals surface area contributed by atoms with Crippen molar-refractivity contribution in [3.63, 3.8) is 0 Å². The Labute approximate surface area is 504 Å². The summed E-state index contributed by atoms with van der Waals surface area (Å²) in [5.74, 6) is -0.800. The molecule has 0 amide bonds. The van der Waals surface area contributed by atoms with Gasteiger partial charge in [-0.25, -0.2) is 4.57 Å². The summed E-state index contributed by atoms with van der Waals surface area (Å²) in [5.41, 5.74) is 5.41. The second kappa shape index (κ2) is 67.9. The highest BCUT2D eigenvalue weighted by Crippen LogP contribution is 2.43. The molecule has 0 aromatic carbocycles. The summed E-state index contributed by atoms with van der Waals surface area (Å²) in [5, 5.41) is 0. The van der Waals surface area contributed by atoms with Crippen molar-refractivity contribution in [1.29, 1.82) is 0 Å². The third kappa shape index (κ3) is 67.7. The Morgan fingerprint density at radius 2 is 0.605 bits per heavy atom. The van der Waals surface area contributed by atoms with Crippen molar-refractivity contribution in [2.45, 2.75) is 405 Å². The minimum absolute atomic E-state index is 0.0577. The zero-order valence-corrected chi connectivity index (χ0v) is 55.2. The number of nitrogens with two attached hydrogens (primary N) is 1. The Morgan fingerprint density at radius 1 is 0.358 bits per heavy atom. The van der Waals surface area contributed by atoms with Gasteiger partial charge in [0.1, 0.15) is 6.61 Å². The van der Waals surface area contributed by atoms with Gasteiger partial charge in [-0.05, 0) is 38.5 Å². The summed E-state index contributed by atoms with van der Waals surface area (Å²) in [6.45, 7) is 3.84. The smallest absolute Gasteiger partial charge is 0.462 e. The Morgan fingerprint density at radius 3 is 0.877 bits per heavy atom. The third-order valence-electron chi connectivity index (χ3n) is 16.7. The van der Waals surface area contributed by atoms with Gasteiger partial charge in [0.25, 0.3) is 0 Å². The molecular weight excluding hydrogens is 1030 g/mol. The van der Waals surface area contributed by atoms with E-state index in [0.29, 0.717) is 6.42 Å². The number of esters is 2. The van der Waals surface area contributed by atoms with E-state index in [-0.39, 0.29) is 38.6 Å². The lowest BCUT2D eigenvalue weighted by atomic mass is 10.0. The van der Waals surface area contributed by atoms with Crippen LogP contribution in [0.1, 0.15) is 399 Å². The van der Waals surface area contributed by atoms with Crippen molar-refractivity contribution in [1.82, 2.24) is 0 Å². The van der Waals surface area contributed by atoms with Gasteiger partial charge in [0.2, 0.25) is 0 Å². The molecule has 482 valence electrons. The SMILES string of the molecule is CCCCCCCCCC/C=C\CCCCCCCCCCCCCCCCCCCC(=O)OC(COC(=O)CCCCCCCCCCCCCCCCCCCCCCCCCCCCCCCCC)COP(=O)(O)OCCN. The van der Waals surface area contributed by atoms with Gasteiger partial charge in [-0.1, -0.05) is 360 Å². The maximum atomic E-state index is 12.8. The molecule has 0 radical (unpaired) electrons. The van der Waals surface area contributed by atoms with Crippen molar-refractivity contribution in [3.05, 3.63) is 12.2 Å². The van der Waals surface area contributed by atoms with Crippen molar-refractivity contribution < 1.29 is 37.6 Å². The number of hydrogen-bond donors (Lipinski definition) is 2. The fourth-order valence-electron chi connectivity index (χ4n) is 11.3. The van der Waals surface area contributed by atoms with Crippen LogP contribution in [0.5, 0.6) is 0 Å². The summed E-state index contributed by atoms with van der Waals surface area (Å²) >= 11 is 0. The topological polar surface area (TPSA) is 134 Å². The normalized spacial score (nSPS) is 12.9. The fraction of sp³-hybridized carbons (Fsp3) is 0.944. The van der Waals surface area contributed by atoms with Gasteiger partial charge in [0.15, 0.2) is 6.10 Å². The highest BCUT2D eigenvalue weighted by Gasteiger charge is 2.26. The number of rotatable bonds is 70. The molecule has 0 aromatic heterocycles. The predicted octanol–water partition coefficient (Wildman–Crippen LogP) is 23.5. The number of phosphoric ester groups is 1. The summed E-state index contributed by atoms with van der Waals surface area (Å²) < 4.78 is 33.2. The second-order valence-corrected chi connectivity index (χ2v) is 26.3. The number of allylic oxidation sites excluding steroid dienone is 2. The molecule has 2 unspecified atom stereocenters. The predicted molar refractivity (Wildman–Crippen MR) is 349 cm³/mol. The molecule has 0 aliphatic heterocycles. The summed E-state index contributed by atoms with van der Waals surface area (Å²) in [7, 11) is -4.39. The van der Waals surface area contributed by atoms with Crippen LogP contribution < -0.4 is 5.73 Å². The number of hydrogen-bond acceptors (Lipinski definition) is 8. The van der Waals surface area contributed by atoms with Gasteiger partial charge in [-0.2, -0.15) is 0 Å². The maximum Gasteiger partial charge on any atom is 0.472 e. The number of phosphoric acid groups is 1. The molecule has 0 saturated carbocycles. The molecule has 10 heteroatoms. The average Bonchev–Trinajstić information content (AvgIpc) is 3.46. The minimum atomic E-state index is -4.39. The van der Waals surface area contributed by atoms with Crippen molar-refractivity contribution >= 4 is 19.8 Å². The molecule has 0 bridgehead atoms. The summed E-state index contributed by atoms with van der Waals surface area (Å²) in [6, 6.07) is 0. The summed E-state index contributed by atoms with van der Waals surface area (Å²) in [6.07, 6.45) is 81.8. The van der Waals surface area contributed by atoms with Crippen LogP contribution in [-0.2, 0) is 32.7 Å². The van der Waals surface area contributed by atoms with Gasteiger partial charge in [-0.3, -0.25) is 18.6 Å². The first kappa shape index (κ1) is 79.8. The van der Waals surface area contributed by atoms with E-state index in [1.165, 1.54) is 334 Å². The fourth-order valence-corrected chi connectivity index (χ4v) is 12.1. The first-order valence-corrected chi connectivity index (χ1v) is 37.7. The van der Waals surface area contributed by atoms with Crippen LogP contribution in [0, 0.1) is 0 Å². The van der Waals surface area contributed by atoms with E-state index in [4.69, 9.17) is 24.3 Å². The molecule has 0 fully saturated rings. The zero-order chi connectivity index (χ0) is 58.7. The summed E-state index contributed by atoms with van der Waals surface area (Å²) in [4.78, 5) is 35.4. The first-order valence-electron chi connectivity index (χ1n) is 36.2. The van der Waals surface area contributed by atoms with Crippen LogP contribution in [0.15, 0.2) is 12.2 Å². The van der Waals surface area contributed by atoms with Crippen molar-refractivity contribution in [2.75, 3.05) is 26.4 Å². The molecule has 0 aromatic rings. The third-order valence-corrected chi connectivity index (χ3v) is 17.6. The second-order valence-electron chi connectivity index (χ2n) is 24.8. The van der Waals surface area contributed by atoms with E-state index >= 15 is 0 Å². The Kier molecular flexibility index (Phi) is 66.8. The quantitative estimate of drug-likeness (QED) is 0.0264. The first-order chi connectivity index (χ1) is 39.8. The molecule has 81 heavy (non-hydrogen) atoms. The van der Waals surface area contributed by atoms with Gasteiger partial charge in [-0.15, -0.1) is 0 Å². The highest BCUT2D eigenvalue weighted by molar-refractivity contribution is 7.47. The monoisotopic (exact) mass is 1170 g/mol. The maximum absolute atomic E-state index is 12.8. The Balaban J connectivity index is 3.79. The number of carbonyl (C=O) groups excluding carboxylic acids is 2. The van der Waals surface area contributed by atoms with E-state index < -0.39 is 26.5 Å². The molecule has 0 aliphatic rings. The standard InChI is InChI=1S/C71H140NO8P/c1-3-5-7-9-11-13-15-17-19-21-23-25-27-29-31-33-34-36-37-39-41-43-45-47-49-51-53-55-57-59-61-63-70(73)77-67-69(68-79-81(75,76)78-66-65-72)80-71(74)64-62-60-58-56-54-52-50-48-46-44-42-40-38-35-32-30-28-26-24-22-20-18-16-14-12-10-8-6-4-2/h22,24,69H,3-21,23,25-68,72H2,1-2H3,(H,75,76)/b24-22-. The van der Waals surface area contributed by atoms with Gasteiger partial charge in [0.05, 0.1) is 13.2 Å². The van der Waals surface area contributed by atoms with Crippen molar-refractivity contribution in [3.8, 4) is 0 Å². The Hall–Kier alpha value is -1.25. The van der Waals surface area contributed by atoms with Crippen LogP contribution in [0.4, 0.5) is 0 Å². The van der Waals surface area contributed by atoms with E-state index in [1.54, 1.807) is 0 Å². The number of ether oxygens (including phenoxy) is 2. The van der Waals surface area contributed by atoms with Crippen LogP contribution >= 0.6 is 7.82 Å². The number of unbranched alkanes of at least 4 members (excludes halogenated alkanes) is 55. The molecule has 0 saturated heterocycles. The molecule has 3 N–H and O–H groups in total. The Bertz CT molecular complexity index is 1330. The molecular formula is C71H140NO8P.